The Balaban J connectivity index is 1.11. The number of anilines is 4. The third kappa shape index (κ3) is 6.05. The van der Waals surface area contributed by atoms with Crippen molar-refractivity contribution in [2.45, 2.75) is 63.5 Å². The first kappa shape index (κ1) is 27.6. The normalized spacial score (nSPS) is 20.6. The Bertz CT molecular complexity index is 1340. The van der Waals surface area contributed by atoms with E-state index < -0.39 is 0 Å². The van der Waals surface area contributed by atoms with Crippen LogP contribution in [-0.2, 0) is 4.79 Å². The van der Waals surface area contributed by atoms with E-state index >= 15 is 0 Å². The number of piperidine rings is 1. The minimum absolute atomic E-state index is 0.112. The van der Waals surface area contributed by atoms with Gasteiger partial charge in [-0.05, 0) is 58.3 Å². The summed E-state index contributed by atoms with van der Waals surface area (Å²) in [7, 11) is 5.88. The average molecular weight is 562 g/mol. The molecule has 2 aliphatic heterocycles. The van der Waals surface area contributed by atoms with Crippen LogP contribution in [-0.4, -0.2) is 95.1 Å². The van der Waals surface area contributed by atoms with Gasteiger partial charge in [0, 0.05) is 55.9 Å². The molecule has 0 spiro atoms. The predicted octanol–water partition coefficient (Wildman–Crippen LogP) is 4.23. The number of carbonyl (C=O) groups excluding carboxylic acids is 1. The molecule has 6 rings (SSSR count). The number of imidazole rings is 1. The Morgan fingerprint density at radius 1 is 1.05 bits per heavy atom. The minimum Gasteiger partial charge on any atom is -0.494 e. The van der Waals surface area contributed by atoms with Gasteiger partial charge in [0.25, 0.3) is 0 Å². The number of carbonyl (C=O) groups is 1. The van der Waals surface area contributed by atoms with Crippen molar-refractivity contribution in [2.75, 3.05) is 62.9 Å². The summed E-state index contributed by atoms with van der Waals surface area (Å²) >= 11 is 0. The molecule has 11 heteroatoms. The number of aromatic amines is 1. The second kappa shape index (κ2) is 12.1. The highest BCUT2D eigenvalue weighted by molar-refractivity contribution is 5.84. The van der Waals surface area contributed by atoms with Crippen LogP contribution in [0.3, 0.4) is 0 Å². The summed E-state index contributed by atoms with van der Waals surface area (Å²) in [6.45, 7) is 3.44. The highest BCUT2D eigenvalue weighted by Gasteiger charge is 2.33. The molecule has 1 saturated carbocycles. The van der Waals surface area contributed by atoms with Crippen LogP contribution < -0.4 is 20.3 Å². The number of hydrogen-bond acceptors (Lipinski definition) is 9. The van der Waals surface area contributed by atoms with Crippen molar-refractivity contribution in [2.24, 2.45) is 5.92 Å². The maximum absolute atomic E-state index is 13.2. The number of aromatic nitrogens is 4. The summed E-state index contributed by atoms with van der Waals surface area (Å²) < 4.78 is 5.78. The SMILES string of the molecule is COc1cc(N2CCC(C(=O)N3CCC(N(C)C)C3)CC2)ccc1Nc1nc(NC2CCCCC2)c2[nH]cnc2n1. The highest BCUT2D eigenvalue weighted by atomic mass is 16.5. The summed E-state index contributed by atoms with van der Waals surface area (Å²) in [4.78, 5) is 36.9. The van der Waals surface area contributed by atoms with Crippen LogP contribution in [0.4, 0.5) is 23.1 Å². The van der Waals surface area contributed by atoms with E-state index in [-0.39, 0.29) is 5.92 Å². The van der Waals surface area contributed by atoms with Crippen LogP contribution in [0.25, 0.3) is 11.2 Å². The smallest absolute Gasteiger partial charge is 0.231 e. The number of ether oxygens (including phenoxy) is 1. The zero-order valence-electron chi connectivity index (χ0n) is 24.5. The number of likely N-dealkylation sites (tertiary alicyclic amines) is 1. The summed E-state index contributed by atoms with van der Waals surface area (Å²) in [5, 5.41) is 6.99. The Hall–Kier alpha value is -3.60. The Morgan fingerprint density at radius 3 is 2.59 bits per heavy atom. The van der Waals surface area contributed by atoms with E-state index in [9.17, 15) is 4.79 Å². The van der Waals surface area contributed by atoms with Gasteiger partial charge in [0.15, 0.2) is 11.5 Å². The number of H-pyrrole nitrogens is 1. The van der Waals surface area contributed by atoms with Crippen molar-refractivity contribution in [3.8, 4) is 5.75 Å². The molecule has 0 radical (unpaired) electrons. The Kier molecular flexibility index (Phi) is 8.13. The van der Waals surface area contributed by atoms with Crippen molar-refractivity contribution >= 4 is 40.2 Å². The number of hydrogen-bond donors (Lipinski definition) is 3. The molecule has 11 nitrogen and oxygen atoms in total. The molecular formula is C30H43N9O2. The first-order valence-electron chi connectivity index (χ1n) is 15.1. The second-order valence-electron chi connectivity index (χ2n) is 11.9. The van der Waals surface area contributed by atoms with Crippen LogP contribution in [0.1, 0.15) is 51.4 Å². The third-order valence-corrected chi connectivity index (χ3v) is 9.08. The largest absolute Gasteiger partial charge is 0.494 e. The molecule has 1 aliphatic carbocycles. The fourth-order valence-corrected chi connectivity index (χ4v) is 6.54. The molecule has 0 bridgehead atoms. The molecular weight excluding hydrogens is 518 g/mol. The fraction of sp³-hybridized carbons (Fsp3) is 0.600. The number of likely N-dealkylation sites (N-methyl/N-ethyl adjacent to an activating group) is 1. The molecule has 1 atom stereocenters. The van der Waals surface area contributed by atoms with Gasteiger partial charge in [0.05, 0.1) is 19.1 Å². The zero-order valence-corrected chi connectivity index (χ0v) is 24.5. The van der Waals surface area contributed by atoms with Gasteiger partial charge in [-0.2, -0.15) is 9.97 Å². The summed E-state index contributed by atoms with van der Waals surface area (Å²) in [6, 6.07) is 7.06. The molecule has 1 amide bonds. The van der Waals surface area contributed by atoms with E-state index in [1.807, 2.05) is 6.07 Å². The Labute approximate surface area is 242 Å². The quantitative estimate of drug-likeness (QED) is 0.372. The maximum atomic E-state index is 13.2. The third-order valence-electron chi connectivity index (χ3n) is 9.08. The molecule has 3 fully saturated rings. The number of nitrogens with zero attached hydrogens (tertiary/aromatic N) is 6. The van der Waals surface area contributed by atoms with E-state index in [1.54, 1.807) is 13.4 Å². The number of rotatable bonds is 8. The molecule has 220 valence electrons. The Morgan fingerprint density at radius 2 is 1.85 bits per heavy atom. The van der Waals surface area contributed by atoms with E-state index in [0.29, 0.717) is 29.6 Å². The first-order valence-corrected chi connectivity index (χ1v) is 15.1. The minimum atomic E-state index is 0.112. The van der Waals surface area contributed by atoms with Gasteiger partial charge in [0.2, 0.25) is 11.9 Å². The van der Waals surface area contributed by atoms with Crippen molar-refractivity contribution in [1.82, 2.24) is 29.7 Å². The van der Waals surface area contributed by atoms with Crippen LogP contribution in [0, 0.1) is 5.92 Å². The van der Waals surface area contributed by atoms with Crippen LogP contribution >= 0.6 is 0 Å². The lowest BCUT2D eigenvalue weighted by molar-refractivity contribution is -0.135. The molecule has 3 N–H and O–H groups in total. The fourth-order valence-electron chi connectivity index (χ4n) is 6.54. The summed E-state index contributed by atoms with van der Waals surface area (Å²) in [5.41, 5.74) is 3.34. The lowest BCUT2D eigenvalue weighted by Crippen LogP contribution is -2.43. The van der Waals surface area contributed by atoms with Crippen LogP contribution in [0.5, 0.6) is 5.75 Å². The first-order chi connectivity index (χ1) is 20.0. The molecule has 41 heavy (non-hydrogen) atoms. The number of nitrogens with one attached hydrogen (secondary N) is 3. The second-order valence-corrected chi connectivity index (χ2v) is 11.9. The van der Waals surface area contributed by atoms with Crippen molar-refractivity contribution < 1.29 is 9.53 Å². The summed E-state index contributed by atoms with van der Waals surface area (Å²) in [6.07, 6.45) is 10.6. The number of benzene rings is 1. The van der Waals surface area contributed by atoms with Crippen molar-refractivity contribution in [3.05, 3.63) is 24.5 Å². The molecule has 1 unspecified atom stereocenters. The summed E-state index contributed by atoms with van der Waals surface area (Å²) in [5.74, 6) is 2.42. The molecule has 2 saturated heterocycles. The van der Waals surface area contributed by atoms with Gasteiger partial charge in [-0.25, -0.2) is 4.98 Å². The molecule has 4 heterocycles. The van der Waals surface area contributed by atoms with E-state index in [1.165, 1.54) is 19.3 Å². The van der Waals surface area contributed by atoms with Crippen molar-refractivity contribution in [3.63, 3.8) is 0 Å². The van der Waals surface area contributed by atoms with Crippen molar-refractivity contribution in [1.29, 1.82) is 0 Å². The topological polar surface area (TPSA) is 115 Å². The molecule has 2 aromatic heterocycles. The monoisotopic (exact) mass is 561 g/mol. The number of amides is 1. The van der Waals surface area contributed by atoms with Gasteiger partial charge in [-0.15, -0.1) is 0 Å². The average Bonchev–Trinajstić information content (AvgIpc) is 3.68. The lowest BCUT2D eigenvalue weighted by atomic mass is 9.95. The lowest BCUT2D eigenvalue weighted by Gasteiger charge is -2.35. The van der Waals surface area contributed by atoms with E-state index in [2.05, 4.69) is 66.5 Å². The zero-order chi connectivity index (χ0) is 28.3. The van der Waals surface area contributed by atoms with E-state index in [0.717, 1.165) is 86.7 Å². The maximum Gasteiger partial charge on any atom is 0.231 e. The molecule has 3 aromatic rings. The standard InChI is InChI=1S/C30H43N9O2/c1-37(2)23-13-16-39(18-23)29(40)20-11-14-38(15-12-20)22-9-10-24(25(17-22)41-3)34-30-35-27-26(31-19-32-27)28(36-30)33-21-7-5-4-6-8-21/h9-10,17,19-21,23H,4-8,11-16,18H2,1-3H3,(H3,31,32,33,34,35,36). The molecule has 1 aromatic carbocycles. The highest BCUT2D eigenvalue weighted by Crippen LogP contribution is 2.34. The number of fused-ring (bicyclic) bond motifs is 1. The molecule has 3 aliphatic rings. The van der Waals surface area contributed by atoms with E-state index in [4.69, 9.17) is 9.72 Å². The van der Waals surface area contributed by atoms with Gasteiger partial charge >= 0.3 is 0 Å². The van der Waals surface area contributed by atoms with Gasteiger partial charge in [-0.1, -0.05) is 19.3 Å². The van der Waals surface area contributed by atoms with Crippen LogP contribution in [0.2, 0.25) is 0 Å². The van der Waals surface area contributed by atoms with Crippen LogP contribution in [0.15, 0.2) is 24.5 Å². The van der Waals surface area contributed by atoms with Gasteiger partial charge < -0.3 is 35.1 Å². The predicted molar refractivity (Wildman–Crippen MR) is 162 cm³/mol. The number of methoxy groups -OCH3 is 1. The van der Waals surface area contributed by atoms with Gasteiger partial charge in [-0.3, -0.25) is 4.79 Å². The van der Waals surface area contributed by atoms with Gasteiger partial charge in [0.1, 0.15) is 11.3 Å².